The Bertz CT molecular complexity index is 255. The van der Waals surface area contributed by atoms with Gasteiger partial charge in [-0.25, -0.2) is 4.79 Å². The molecular weight excluding hydrogens is 194 g/mol. The topological polar surface area (TPSA) is 52.7 Å². The Kier molecular flexibility index (Phi) is 4.08. The summed E-state index contributed by atoms with van der Waals surface area (Å²) >= 11 is 0. The lowest BCUT2D eigenvalue weighted by Crippen LogP contribution is -2.36. The van der Waals surface area contributed by atoms with Crippen molar-refractivity contribution in [3.8, 4) is 0 Å². The first kappa shape index (κ1) is 12.0. The lowest BCUT2D eigenvalue weighted by Gasteiger charge is -2.19. The summed E-state index contributed by atoms with van der Waals surface area (Å²) in [5, 5.41) is 3.06. The van der Waals surface area contributed by atoms with Crippen molar-refractivity contribution >= 4 is 11.9 Å². The number of hydrogen-bond donors (Lipinski definition) is 1. The van der Waals surface area contributed by atoms with Crippen LogP contribution in [0.3, 0.4) is 0 Å². The summed E-state index contributed by atoms with van der Waals surface area (Å²) in [6.45, 7) is 6.07. The van der Waals surface area contributed by atoms with Crippen LogP contribution in [0.1, 0.15) is 13.8 Å². The van der Waals surface area contributed by atoms with Gasteiger partial charge in [-0.1, -0.05) is 6.92 Å². The normalized spacial score (nSPS) is 18.9. The van der Waals surface area contributed by atoms with Crippen molar-refractivity contribution in [3.05, 3.63) is 0 Å². The molecule has 1 saturated heterocycles. The predicted molar refractivity (Wildman–Crippen MR) is 57.4 cm³/mol. The van der Waals surface area contributed by atoms with Crippen LogP contribution in [-0.4, -0.2) is 55.0 Å². The van der Waals surface area contributed by atoms with E-state index in [0.717, 1.165) is 6.54 Å². The monoisotopic (exact) mass is 213 g/mol. The first-order valence-electron chi connectivity index (χ1n) is 5.34. The van der Waals surface area contributed by atoms with Gasteiger partial charge in [0.2, 0.25) is 5.91 Å². The molecule has 5 heteroatoms. The van der Waals surface area contributed by atoms with Gasteiger partial charge < -0.3 is 10.2 Å². The van der Waals surface area contributed by atoms with Crippen LogP contribution in [0.25, 0.3) is 0 Å². The molecule has 0 aliphatic carbocycles. The summed E-state index contributed by atoms with van der Waals surface area (Å²) < 4.78 is 0. The van der Waals surface area contributed by atoms with E-state index < -0.39 is 0 Å². The maximum absolute atomic E-state index is 11.7. The minimum atomic E-state index is -0.148. The van der Waals surface area contributed by atoms with Crippen molar-refractivity contribution in [1.82, 2.24) is 15.1 Å². The number of carbonyl (C=O) groups excluding carboxylic acids is 2. The highest BCUT2D eigenvalue weighted by Crippen LogP contribution is 2.11. The minimum Gasteiger partial charge on any atom is -0.319 e. The maximum Gasteiger partial charge on any atom is 0.327 e. The number of imide groups is 1. The second kappa shape index (κ2) is 5.11. The molecule has 1 unspecified atom stereocenters. The molecule has 1 fully saturated rings. The molecule has 1 aliphatic heterocycles. The Labute approximate surface area is 90.4 Å². The molecule has 86 valence electrons. The predicted octanol–water partition coefficient (Wildman–Crippen LogP) is 0.126. The van der Waals surface area contributed by atoms with Crippen LogP contribution in [0.5, 0.6) is 0 Å². The van der Waals surface area contributed by atoms with Crippen LogP contribution < -0.4 is 5.32 Å². The molecular formula is C10H19N3O2. The molecule has 1 atom stereocenters. The molecule has 0 aromatic heterocycles. The second-order valence-corrected chi connectivity index (χ2v) is 3.96. The average Bonchev–Trinajstić information content (AvgIpc) is 2.42. The quantitative estimate of drug-likeness (QED) is 0.660. The number of rotatable bonds is 5. The molecule has 5 nitrogen and oxygen atoms in total. The molecule has 0 aromatic rings. The van der Waals surface area contributed by atoms with Gasteiger partial charge in [0.15, 0.2) is 0 Å². The fraction of sp³-hybridized carbons (Fsp3) is 0.800. The summed E-state index contributed by atoms with van der Waals surface area (Å²) in [5.74, 6) is 0.280. The molecule has 0 bridgehead atoms. The Balaban J connectivity index is 2.51. The SMILES string of the molecule is CCN1C(=O)CN(CC(C)CNC)C1=O. The van der Waals surface area contributed by atoms with E-state index in [1.807, 2.05) is 14.0 Å². The van der Waals surface area contributed by atoms with Gasteiger partial charge in [0.05, 0.1) is 0 Å². The molecule has 1 heterocycles. The third-order valence-corrected chi connectivity index (χ3v) is 2.53. The van der Waals surface area contributed by atoms with Crippen LogP contribution in [-0.2, 0) is 4.79 Å². The number of carbonyl (C=O) groups is 2. The highest BCUT2D eigenvalue weighted by Gasteiger charge is 2.34. The zero-order chi connectivity index (χ0) is 11.4. The summed E-state index contributed by atoms with van der Waals surface area (Å²) in [7, 11) is 1.88. The van der Waals surface area contributed by atoms with Gasteiger partial charge in [-0.05, 0) is 26.4 Å². The van der Waals surface area contributed by atoms with Crippen molar-refractivity contribution in [3.63, 3.8) is 0 Å². The number of amides is 3. The molecule has 0 spiro atoms. The molecule has 0 aromatic carbocycles. The van der Waals surface area contributed by atoms with Crippen molar-refractivity contribution in [2.75, 3.05) is 33.2 Å². The average molecular weight is 213 g/mol. The van der Waals surface area contributed by atoms with Crippen molar-refractivity contribution in [1.29, 1.82) is 0 Å². The van der Waals surface area contributed by atoms with Crippen LogP contribution >= 0.6 is 0 Å². The summed E-state index contributed by atoms with van der Waals surface area (Å²) in [6, 6.07) is -0.148. The molecule has 1 aliphatic rings. The Morgan fingerprint density at radius 3 is 2.60 bits per heavy atom. The van der Waals surface area contributed by atoms with Gasteiger partial charge in [-0.2, -0.15) is 0 Å². The molecule has 0 radical (unpaired) electrons. The highest BCUT2D eigenvalue weighted by atomic mass is 16.2. The second-order valence-electron chi connectivity index (χ2n) is 3.96. The first-order chi connectivity index (χ1) is 7.10. The van der Waals surface area contributed by atoms with Gasteiger partial charge in [-0.15, -0.1) is 0 Å². The third-order valence-electron chi connectivity index (χ3n) is 2.53. The van der Waals surface area contributed by atoms with E-state index in [2.05, 4.69) is 12.2 Å². The highest BCUT2D eigenvalue weighted by molar-refractivity contribution is 6.01. The smallest absolute Gasteiger partial charge is 0.319 e. The van der Waals surface area contributed by atoms with Crippen molar-refractivity contribution < 1.29 is 9.59 Å². The van der Waals surface area contributed by atoms with Crippen molar-refractivity contribution in [2.45, 2.75) is 13.8 Å². The summed E-state index contributed by atoms with van der Waals surface area (Å²) in [6.07, 6.45) is 0. The Morgan fingerprint density at radius 2 is 2.13 bits per heavy atom. The lowest BCUT2D eigenvalue weighted by molar-refractivity contribution is -0.125. The Hall–Kier alpha value is -1.10. The molecule has 0 saturated carbocycles. The zero-order valence-electron chi connectivity index (χ0n) is 9.62. The molecule has 1 rings (SSSR count). The largest absolute Gasteiger partial charge is 0.327 e. The van der Waals surface area contributed by atoms with E-state index in [1.165, 1.54) is 4.90 Å². The van der Waals surface area contributed by atoms with Gasteiger partial charge in [0, 0.05) is 13.1 Å². The first-order valence-corrected chi connectivity index (χ1v) is 5.34. The number of urea groups is 1. The fourth-order valence-corrected chi connectivity index (χ4v) is 1.84. The number of nitrogens with one attached hydrogen (secondary N) is 1. The van der Waals surface area contributed by atoms with Gasteiger partial charge in [-0.3, -0.25) is 9.69 Å². The van der Waals surface area contributed by atoms with E-state index in [4.69, 9.17) is 0 Å². The number of nitrogens with zero attached hydrogens (tertiary/aromatic N) is 2. The van der Waals surface area contributed by atoms with E-state index in [-0.39, 0.29) is 18.5 Å². The van der Waals surface area contributed by atoms with Gasteiger partial charge >= 0.3 is 6.03 Å². The Morgan fingerprint density at radius 1 is 1.47 bits per heavy atom. The van der Waals surface area contributed by atoms with Crippen LogP contribution in [0.15, 0.2) is 0 Å². The standard InChI is InChI=1S/C10H19N3O2/c1-4-13-9(14)7-12(10(13)15)6-8(2)5-11-3/h8,11H,4-7H2,1-3H3. The fourth-order valence-electron chi connectivity index (χ4n) is 1.84. The summed E-state index contributed by atoms with van der Waals surface area (Å²) in [5.41, 5.74) is 0. The van der Waals surface area contributed by atoms with Crippen LogP contribution in [0.4, 0.5) is 4.79 Å². The lowest BCUT2D eigenvalue weighted by atomic mass is 10.2. The third kappa shape index (κ3) is 2.68. The maximum atomic E-state index is 11.7. The van der Waals surface area contributed by atoms with Crippen molar-refractivity contribution in [2.24, 2.45) is 5.92 Å². The molecule has 1 N–H and O–H groups in total. The number of likely N-dealkylation sites (N-methyl/N-ethyl adjacent to an activating group) is 1. The van der Waals surface area contributed by atoms with Crippen LogP contribution in [0.2, 0.25) is 0 Å². The summed E-state index contributed by atoms with van der Waals surface area (Å²) in [4.78, 5) is 26.0. The molecule has 3 amide bonds. The number of hydrogen-bond acceptors (Lipinski definition) is 3. The zero-order valence-corrected chi connectivity index (χ0v) is 9.62. The minimum absolute atomic E-state index is 0.0841. The van der Waals surface area contributed by atoms with Gasteiger partial charge in [0.25, 0.3) is 0 Å². The van der Waals surface area contributed by atoms with E-state index in [9.17, 15) is 9.59 Å². The van der Waals surface area contributed by atoms with E-state index in [1.54, 1.807) is 4.90 Å². The molecule has 15 heavy (non-hydrogen) atoms. The van der Waals surface area contributed by atoms with Crippen LogP contribution in [0, 0.1) is 5.92 Å². The van der Waals surface area contributed by atoms with E-state index in [0.29, 0.717) is 19.0 Å². The van der Waals surface area contributed by atoms with E-state index >= 15 is 0 Å². The van der Waals surface area contributed by atoms with Gasteiger partial charge in [0.1, 0.15) is 6.54 Å².